The lowest BCUT2D eigenvalue weighted by molar-refractivity contribution is -0.137. The quantitative estimate of drug-likeness (QED) is 0.730. The third kappa shape index (κ3) is 3.09. The standard InChI is InChI=1S/C13H13F3O/c1-2-10-7-12(10)17-8-9-3-5-11(6-4-9)13(14,15)16/h2-6,10,12H,1,7-8H2. The minimum absolute atomic E-state index is 0.190. The van der Waals surface area contributed by atoms with Crippen LogP contribution in [-0.2, 0) is 17.5 Å². The van der Waals surface area contributed by atoms with E-state index in [1.165, 1.54) is 12.1 Å². The van der Waals surface area contributed by atoms with Gasteiger partial charge in [-0.05, 0) is 24.1 Å². The first-order chi connectivity index (χ1) is 8.00. The molecule has 0 bridgehead atoms. The maximum atomic E-state index is 12.3. The van der Waals surface area contributed by atoms with Crippen molar-refractivity contribution in [2.24, 2.45) is 5.92 Å². The van der Waals surface area contributed by atoms with Gasteiger partial charge in [0.1, 0.15) is 0 Å². The minimum Gasteiger partial charge on any atom is -0.373 e. The van der Waals surface area contributed by atoms with Crippen LogP contribution < -0.4 is 0 Å². The van der Waals surface area contributed by atoms with Crippen LogP contribution in [0.1, 0.15) is 17.5 Å². The average Bonchev–Trinajstić information content (AvgIpc) is 3.04. The molecule has 4 heteroatoms. The Hall–Kier alpha value is -1.29. The van der Waals surface area contributed by atoms with Crippen LogP contribution in [0.4, 0.5) is 13.2 Å². The minimum atomic E-state index is -4.27. The van der Waals surface area contributed by atoms with E-state index in [2.05, 4.69) is 6.58 Å². The highest BCUT2D eigenvalue weighted by atomic mass is 19.4. The Morgan fingerprint density at radius 3 is 2.41 bits per heavy atom. The Labute approximate surface area is 97.9 Å². The van der Waals surface area contributed by atoms with E-state index in [1.54, 1.807) is 0 Å². The van der Waals surface area contributed by atoms with Crippen molar-refractivity contribution in [2.45, 2.75) is 25.3 Å². The molecule has 0 saturated heterocycles. The van der Waals surface area contributed by atoms with E-state index < -0.39 is 11.7 Å². The highest BCUT2D eigenvalue weighted by Crippen LogP contribution is 2.35. The molecule has 1 nitrogen and oxygen atoms in total. The van der Waals surface area contributed by atoms with Gasteiger partial charge in [0, 0.05) is 5.92 Å². The second-order valence-corrected chi connectivity index (χ2v) is 4.18. The molecule has 1 fully saturated rings. The summed E-state index contributed by atoms with van der Waals surface area (Å²) in [5.41, 5.74) is 0.129. The first-order valence-electron chi connectivity index (χ1n) is 5.41. The molecule has 0 spiro atoms. The summed E-state index contributed by atoms with van der Waals surface area (Å²) in [6, 6.07) is 5.06. The Balaban J connectivity index is 1.88. The van der Waals surface area contributed by atoms with Crippen molar-refractivity contribution in [2.75, 3.05) is 0 Å². The molecule has 1 aromatic rings. The lowest BCUT2D eigenvalue weighted by atomic mass is 10.1. The van der Waals surface area contributed by atoms with E-state index >= 15 is 0 Å². The van der Waals surface area contributed by atoms with Crippen LogP contribution in [0.15, 0.2) is 36.9 Å². The number of halogens is 3. The molecule has 0 heterocycles. The fourth-order valence-electron chi connectivity index (χ4n) is 1.62. The zero-order chi connectivity index (χ0) is 12.5. The van der Waals surface area contributed by atoms with Crippen molar-refractivity contribution in [3.05, 3.63) is 48.0 Å². The van der Waals surface area contributed by atoms with Gasteiger partial charge in [0.15, 0.2) is 0 Å². The van der Waals surface area contributed by atoms with Crippen LogP contribution in [0.2, 0.25) is 0 Å². The summed E-state index contributed by atoms with van der Waals surface area (Å²) in [7, 11) is 0. The fourth-order valence-corrected chi connectivity index (χ4v) is 1.62. The van der Waals surface area contributed by atoms with Gasteiger partial charge in [0.05, 0.1) is 18.3 Å². The monoisotopic (exact) mass is 242 g/mol. The first kappa shape index (κ1) is 12.2. The highest BCUT2D eigenvalue weighted by Gasteiger charge is 2.35. The topological polar surface area (TPSA) is 9.23 Å². The summed E-state index contributed by atoms with van der Waals surface area (Å²) in [6.45, 7) is 4.02. The summed E-state index contributed by atoms with van der Waals surface area (Å²) in [5, 5.41) is 0. The molecule has 1 saturated carbocycles. The molecule has 2 atom stereocenters. The van der Waals surface area contributed by atoms with Crippen LogP contribution >= 0.6 is 0 Å². The van der Waals surface area contributed by atoms with Crippen molar-refractivity contribution >= 4 is 0 Å². The summed E-state index contributed by atoms with van der Waals surface area (Å²) in [6.07, 6.45) is -1.28. The predicted molar refractivity (Wildman–Crippen MR) is 58.3 cm³/mol. The first-order valence-corrected chi connectivity index (χ1v) is 5.41. The lowest BCUT2D eigenvalue weighted by Crippen LogP contribution is -2.05. The van der Waals surface area contributed by atoms with Gasteiger partial charge < -0.3 is 4.74 Å². The normalized spacial score (nSPS) is 23.5. The van der Waals surface area contributed by atoms with Crippen LogP contribution in [-0.4, -0.2) is 6.10 Å². The summed E-state index contributed by atoms with van der Waals surface area (Å²) >= 11 is 0. The van der Waals surface area contributed by atoms with Crippen LogP contribution in [0, 0.1) is 5.92 Å². The SMILES string of the molecule is C=CC1CC1OCc1ccc(C(F)(F)F)cc1. The average molecular weight is 242 g/mol. The van der Waals surface area contributed by atoms with Crippen molar-refractivity contribution < 1.29 is 17.9 Å². The number of alkyl halides is 3. The van der Waals surface area contributed by atoms with Crippen LogP contribution in [0.25, 0.3) is 0 Å². The molecule has 1 aliphatic carbocycles. The molecule has 0 N–H and O–H groups in total. The molecule has 1 aliphatic rings. The molecular weight excluding hydrogens is 229 g/mol. The van der Waals surface area contributed by atoms with Gasteiger partial charge in [0.25, 0.3) is 0 Å². The van der Waals surface area contributed by atoms with Gasteiger partial charge in [0.2, 0.25) is 0 Å². The van der Waals surface area contributed by atoms with E-state index in [1.807, 2.05) is 6.08 Å². The maximum Gasteiger partial charge on any atom is 0.416 e. The van der Waals surface area contributed by atoms with Crippen LogP contribution in [0.5, 0.6) is 0 Å². The molecule has 0 aromatic heterocycles. The third-order valence-corrected chi connectivity index (χ3v) is 2.83. The third-order valence-electron chi connectivity index (χ3n) is 2.83. The number of ether oxygens (including phenoxy) is 1. The van der Waals surface area contributed by atoms with Gasteiger partial charge in [-0.15, -0.1) is 6.58 Å². The number of benzene rings is 1. The highest BCUT2D eigenvalue weighted by molar-refractivity contribution is 5.24. The Morgan fingerprint density at radius 1 is 1.29 bits per heavy atom. The number of rotatable bonds is 4. The van der Waals surface area contributed by atoms with Crippen molar-refractivity contribution in [1.29, 1.82) is 0 Å². The lowest BCUT2D eigenvalue weighted by Gasteiger charge is -2.08. The smallest absolute Gasteiger partial charge is 0.373 e. The van der Waals surface area contributed by atoms with E-state index in [4.69, 9.17) is 4.74 Å². The number of hydrogen-bond donors (Lipinski definition) is 0. The van der Waals surface area contributed by atoms with Gasteiger partial charge >= 0.3 is 6.18 Å². The van der Waals surface area contributed by atoms with Gasteiger partial charge in [-0.3, -0.25) is 0 Å². The molecule has 0 aliphatic heterocycles. The predicted octanol–water partition coefficient (Wildman–Crippen LogP) is 3.80. The van der Waals surface area contributed by atoms with E-state index in [-0.39, 0.29) is 6.10 Å². The van der Waals surface area contributed by atoms with E-state index in [0.29, 0.717) is 12.5 Å². The molecule has 0 radical (unpaired) electrons. The summed E-state index contributed by atoms with van der Waals surface area (Å²) in [4.78, 5) is 0. The largest absolute Gasteiger partial charge is 0.416 e. The zero-order valence-corrected chi connectivity index (χ0v) is 9.20. The van der Waals surface area contributed by atoms with Crippen molar-refractivity contribution in [1.82, 2.24) is 0 Å². The fraction of sp³-hybridized carbons (Fsp3) is 0.385. The molecule has 2 rings (SSSR count). The van der Waals surface area contributed by atoms with Crippen molar-refractivity contribution in [3.8, 4) is 0 Å². The van der Waals surface area contributed by atoms with Crippen molar-refractivity contribution in [3.63, 3.8) is 0 Å². The second-order valence-electron chi connectivity index (χ2n) is 4.18. The molecule has 0 amide bonds. The summed E-state index contributed by atoms with van der Waals surface area (Å²) in [5.74, 6) is 0.407. The van der Waals surface area contributed by atoms with Gasteiger partial charge in [-0.25, -0.2) is 0 Å². The molecule has 2 unspecified atom stereocenters. The molecule has 92 valence electrons. The van der Waals surface area contributed by atoms with E-state index in [9.17, 15) is 13.2 Å². The zero-order valence-electron chi connectivity index (χ0n) is 9.20. The molecule has 17 heavy (non-hydrogen) atoms. The van der Waals surface area contributed by atoms with E-state index in [0.717, 1.165) is 24.1 Å². The van der Waals surface area contributed by atoms with Gasteiger partial charge in [-0.2, -0.15) is 13.2 Å². The van der Waals surface area contributed by atoms with Crippen LogP contribution in [0.3, 0.4) is 0 Å². The summed E-state index contributed by atoms with van der Waals surface area (Å²) < 4.78 is 42.4. The maximum absolute atomic E-state index is 12.3. The van der Waals surface area contributed by atoms with Gasteiger partial charge in [-0.1, -0.05) is 18.2 Å². The molecule has 1 aromatic carbocycles. The Bertz CT molecular complexity index is 394. The Kier molecular flexibility index (Phi) is 3.24. The Morgan fingerprint density at radius 2 is 1.94 bits per heavy atom. The molecular formula is C13H13F3O. The second kappa shape index (κ2) is 4.53. The number of hydrogen-bond acceptors (Lipinski definition) is 1.